The normalized spacial score (nSPS) is 10.7. The molecule has 0 unspecified atom stereocenters. The molecule has 1 aromatic carbocycles. The molecule has 0 spiro atoms. The van der Waals surface area contributed by atoms with Crippen LogP contribution in [0.5, 0.6) is 5.75 Å². The molecule has 0 aliphatic rings. The lowest BCUT2D eigenvalue weighted by Gasteiger charge is -2.12. The number of nitrogens with one attached hydrogen (secondary N) is 2. The highest BCUT2D eigenvalue weighted by Crippen LogP contribution is 2.18. The number of ether oxygens (including phenoxy) is 1. The number of methoxy groups -OCH3 is 1. The first-order valence-corrected chi connectivity index (χ1v) is 8.54. The lowest BCUT2D eigenvalue weighted by atomic mass is 10.1. The number of aryl methyl sites for hydroxylation is 1. The molecular weight excluding hydrogens is 300 g/mol. The molecule has 0 saturated carbocycles. The highest BCUT2D eigenvalue weighted by Gasteiger charge is 2.04. The largest absolute Gasteiger partial charge is 0.496 e. The van der Waals surface area contributed by atoms with E-state index >= 15 is 0 Å². The molecule has 0 atom stereocenters. The second-order valence-corrected chi connectivity index (χ2v) is 6.32. The molecule has 130 valence electrons. The Labute approximate surface area is 144 Å². The van der Waals surface area contributed by atoms with Gasteiger partial charge in [-0.1, -0.05) is 32.0 Å². The molecule has 2 N–H and O–H groups in total. The second kappa shape index (κ2) is 9.11. The van der Waals surface area contributed by atoms with E-state index in [1.54, 1.807) is 7.11 Å². The standard InChI is InChI=1S/C19H28N4O/c1-14(2)9-11-20-18-13-15(3)22-19(23-18)21-12-10-16-7-5-6-8-17(16)24-4/h5-8,13-14H,9-12H2,1-4H3,(H2,20,21,22,23). The lowest BCUT2D eigenvalue weighted by Crippen LogP contribution is -2.12. The van der Waals surface area contributed by atoms with Crippen molar-refractivity contribution in [2.75, 3.05) is 30.8 Å². The topological polar surface area (TPSA) is 59.1 Å². The predicted molar refractivity (Wildman–Crippen MR) is 99.9 cm³/mol. The van der Waals surface area contributed by atoms with E-state index in [1.165, 1.54) is 5.56 Å². The zero-order chi connectivity index (χ0) is 17.4. The molecule has 1 heterocycles. The van der Waals surface area contributed by atoms with Gasteiger partial charge in [-0.25, -0.2) is 4.98 Å². The number of hydrogen-bond acceptors (Lipinski definition) is 5. The zero-order valence-corrected chi connectivity index (χ0v) is 15.1. The smallest absolute Gasteiger partial charge is 0.224 e. The molecule has 0 aliphatic carbocycles. The molecule has 0 fully saturated rings. The van der Waals surface area contributed by atoms with Crippen molar-refractivity contribution in [3.8, 4) is 5.75 Å². The summed E-state index contributed by atoms with van der Waals surface area (Å²) in [5.74, 6) is 3.14. The average molecular weight is 328 g/mol. The zero-order valence-electron chi connectivity index (χ0n) is 15.1. The van der Waals surface area contributed by atoms with E-state index in [4.69, 9.17) is 4.74 Å². The van der Waals surface area contributed by atoms with Gasteiger partial charge in [0.25, 0.3) is 0 Å². The molecule has 5 nitrogen and oxygen atoms in total. The molecule has 2 rings (SSSR count). The van der Waals surface area contributed by atoms with Gasteiger partial charge >= 0.3 is 0 Å². The van der Waals surface area contributed by atoms with Crippen molar-refractivity contribution in [1.82, 2.24) is 9.97 Å². The van der Waals surface area contributed by atoms with Crippen molar-refractivity contribution < 1.29 is 4.74 Å². The van der Waals surface area contributed by atoms with Gasteiger partial charge in [0.05, 0.1) is 7.11 Å². The van der Waals surface area contributed by atoms with Gasteiger partial charge in [0.1, 0.15) is 11.6 Å². The fourth-order valence-electron chi connectivity index (χ4n) is 2.45. The summed E-state index contributed by atoms with van der Waals surface area (Å²) in [4.78, 5) is 9.00. The van der Waals surface area contributed by atoms with E-state index in [-0.39, 0.29) is 0 Å². The van der Waals surface area contributed by atoms with Crippen LogP contribution < -0.4 is 15.4 Å². The Morgan fingerprint density at radius 2 is 1.88 bits per heavy atom. The van der Waals surface area contributed by atoms with Gasteiger partial charge in [0.2, 0.25) is 5.95 Å². The highest BCUT2D eigenvalue weighted by atomic mass is 16.5. The minimum absolute atomic E-state index is 0.664. The van der Waals surface area contributed by atoms with Crippen LogP contribution in [0.15, 0.2) is 30.3 Å². The molecule has 0 radical (unpaired) electrons. The van der Waals surface area contributed by atoms with E-state index in [2.05, 4.69) is 40.5 Å². The molecule has 0 bridgehead atoms. The first kappa shape index (κ1) is 18.0. The summed E-state index contributed by atoms with van der Waals surface area (Å²) in [7, 11) is 1.70. The second-order valence-electron chi connectivity index (χ2n) is 6.32. The molecular formula is C19H28N4O. The Morgan fingerprint density at radius 1 is 1.08 bits per heavy atom. The van der Waals surface area contributed by atoms with Crippen LogP contribution >= 0.6 is 0 Å². The SMILES string of the molecule is COc1ccccc1CCNc1nc(C)cc(NCCC(C)C)n1. The first-order chi connectivity index (χ1) is 11.6. The van der Waals surface area contributed by atoms with Crippen molar-refractivity contribution in [3.63, 3.8) is 0 Å². The van der Waals surface area contributed by atoms with Gasteiger partial charge in [0, 0.05) is 24.8 Å². The predicted octanol–water partition coefficient (Wildman–Crippen LogP) is 3.91. The van der Waals surface area contributed by atoms with Crippen molar-refractivity contribution in [2.45, 2.75) is 33.6 Å². The fourth-order valence-corrected chi connectivity index (χ4v) is 2.45. The lowest BCUT2D eigenvalue weighted by molar-refractivity contribution is 0.410. The van der Waals surface area contributed by atoms with Crippen LogP contribution in [-0.4, -0.2) is 30.2 Å². The van der Waals surface area contributed by atoms with E-state index in [0.29, 0.717) is 11.9 Å². The Kier molecular flexibility index (Phi) is 6.85. The summed E-state index contributed by atoms with van der Waals surface area (Å²) in [6.07, 6.45) is 1.98. The number of rotatable bonds is 9. The van der Waals surface area contributed by atoms with Gasteiger partial charge in [-0.2, -0.15) is 4.98 Å². The molecule has 5 heteroatoms. The Morgan fingerprint density at radius 3 is 2.62 bits per heavy atom. The summed E-state index contributed by atoms with van der Waals surface area (Å²) in [5.41, 5.74) is 2.13. The van der Waals surface area contributed by atoms with Crippen molar-refractivity contribution >= 4 is 11.8 Å². The molecule has 0 aliphatic heterocycles. The number of anilines is 2. The molecule has 0 amide bonds. The van der Waals surface area contributed by atoms with Crippen LogP contribution in [0.3, 0.4) is 0 Å². The van der Waals surface area contributed by atoms with Crippen LogP contribution in [-0.2, 0) is 6.42 Å². The van der Waals surface area contributed by atoms with Crippen LogP contribution in [0.1, 0.15) is 31.5 Å². The summed E-state index contributed by atoms with van der Waals surface area (Å²) < 4.78 is 5.38. The maximum absolute atomic E-state index is 5.38. The van der Waals surface area contributed by atoms with Crippen molar-refractivity contribution in [1.29, 1.82) is 0 Å². The summed E-state index contributed by atoms with van der Waals surface area (Å²) in [5, 5.41) is 6.68. The summed E-state index contributed by atoms with van der Waals surface area (Å²) in [6.45, 7) is 8.11. The maximum atomic E-state index is 5.38. The van der Waals surface area contributed by atoms with Gasteiger partial charge in [-0.3, -0.25) is 0 Å². The minimum atomic E-state index is 0.664. The van der Waals surface area contributed by atoms with Crippen LogP contribution in [0.4, 0.5) is 11.8 Å². The highest BCUT2D eigenvalue weighted by molar-refractivity contribution is 5.42. The Hall–Kier alpha value is -2.30. The number of aromatic nitrogens is 2. The van der Waals surface area contributed by atoms with Gasteiger partial charge in [0.15, 0.2) is 0 Å². The van der Waals surface area contributed by atoms with Crippen molar-refractivity contribution in [3.05, 3.63) is 41.6 Å². The molecule has 24 heavy (non-hydrogen) atoms. The molecule has 2 aromatic rings. The quantitative estimate of drug-likeness (QED) is 0.731. The Bertz CT molecular complexity index is 643. The van der Waals surface area contributed by atoms with Crippen LogP contribution in [0.25, 0.3) is 0 Å². The van der Waals surface area contributed by atoms with Crippen molar-refractivity contribution in [2.24, 2.45) is 5.92 Å². The van der Waals surface area contributed by atoms with Crippen LogP contribution in [0, 0.1) is 12.8 Å². The summed E-state index contributed by atoms with van der Waals surface area (Å²) >= 11 is 0. The van der Waals surface area contributed by atoms with E-state index in [0.717, 1.165) is 43.2 Å². The van der Waals surface area contributed by atoms with Gasteiger partial charge < -0.3 is 15.4 Å². The van der Waals surface area contributed by atoms with E-state index in [1.807, 2.05) is 31.2 Å². The third-order valence-electron chi connectivity index (χ3n) is 3.75. The first-order valence-electron chi connectivity index (χ1n) is 8.54. The molecule has 1 aromatic heterocycles. The number of nitrogens with zero attached hydrogens (tertiary/aromatic N) is 2. The minimum Gasteiger partial charge on any atom is -0.496 e. The summed E-state index contributed by atoms with van der Waals surface area (Å²) in [6, 6.07) is 10.0. The average Bonchev–Trinajstić information content (AvgIpc) is 2.54. The maximum Gasteiger partial charge on any atom is 0.224 e. The monoisotopic (exact) mass is 328 g/mol. The fraction of sp³-hybridized carbons (Fsp3) is 0.474. The number of para-hydroxylation sites is 1. The number of hydrogen-bond donors (Lipinski definition) is 2. The Balaban J connectivity index is 1.91. The van der Waals surface area contributed by atoms with Gasteiger partial charge in [-0.15, -0.1) is 0 Å². The number of benzene rings is 1. The van der Waals surface area contributed by atoms with E-state index in [9.17, 15) is 0 Å². The molecule has 0 saturated heterocycles. The van der Waals surface area contributed by atoms with Gasteiger partial charge in [-0.05, 0) is 37.3 Å². The van der Waals surface area contributed by atoms with Crippen LogP contribution in [0.2, 0.25) is 0 Å². The third-order valence-corrected chi connectivity index (χ3v) is 3.75. The van der Waals surface area contributed by atoms with E-state index < -0.39 is 0 Å². The third kappa shape index (κ3) is 5.72.